The highest BCUT2D eigenvalue weighted by atomic mass is 33.1. The predicted molar refractivity (Wildman–Crippen MR) is 238 cm³/mol. The molecule has 11 nitrogen and oxygen atoms in total. The van der Waals surface area contributed by atoms with Crippen molar-refractivity contribution in [1.82, 2.24) is 0 Å². The number of phenolic OH excluding ortho intramolecular Hbond substituents is 1. The third-order valence-electron chi connectivity index (χ3n) is 20.4. The number of carbonyl (C=O) groups is 2. The number of anilines is 1. The molecule has 13 heteroatoms. The number of aryl methyl sites for hydroxylation is 1. The second-order valence-electron chi connectivity index (χ2n) is 22.4. The van der Waals surface area contributed by atoms with Gasteiger partial charge < -0.3 is 45.4 Å². The number of ether oxygens (including phenoxy) is 1. The van der Waals surface area contributed by atoms with Gasteiger partial charge in [-0.1, -0.05) is 55.7 Å². The standard InChI is InChI=1S/C49H69NO10S2/c1-26(2)27(3)39-40(60-39)43(4,58)35-11-14-49(59)36-22-37(54)48-23-34(53)38(55)33-10-13-45(36,44(33,48)5)15-16-46(35,49)12-9-28-19-31(21-32(52)20-28)50-18-17-47(41(50)56)29(24-51)7-6-8-30(47)25-61-62-42(48)57/h19-22,26-27,29-30,33-35,38-40,42,51-53,55,57-59H,6-18,23-25H2,1-5H3. The summed E-state index contributed by atoms with van der Waals surface area (Å²) in [4.78, 5) is 32.3. The molecule has 6 aliphatic carbocycles. The maximum atomic E-state index is 15.5. The molecule has 5 saturated carbocycles. The van der Waals surface area contributed by atoms with Gasteiger partial charge in [-0.05, 0) is 154 Å². The van der Waals surface area contributed by atoms with Crippen LogP contribution in [0.25, 0.3) is 0 Å². The number of amides is 1. The van der Waals surface area contributed by atoms with Crippen molar-refractivity contribution in [1.29, 1.82) is 0 Å². The molecule has 342 valence electrons. The van der Waals surface area contributed by atoms with E-state index in [1.165, 1.54) is 21.6 Å². The van der Waals surface area contributed by atoms with Gasteiger partial charge in [0, 0.05) is 41.5 Å². The summed E-state index contributed by atoms with van der Waals surface area (Å²) < 4.78 is 6.38. The number of aromatic hydroxyl groups is 1. The molecule has 5 heterocycles. The maximum Gasteiger partial charge on any atom is 0.233 e. The van der Waals surface area contributed by atoms with Crippen molar-refractivity contribution in [3.63, 3.8) is 0 Å². The molecule has 17 unspecified atom stereocenters. The number of aliphatic hydroxyl groups excluding tert-OH is 4. The van der Waals surface area contributed by atoms with E-state index in [9.17, 15) is 35.7 Å². The SMILES string of the molecule is CC(C)C(C)C1OC1C(C)(O)C1CCC2(O)C3=CC(=O)C45CC(O)C(O)C6CCC3(CCC12CCc1cc(O)cc(c1)N1CCC2(C1=O)C(CO)CCCC2CSSC4O)C65C. The minimum absolute atomic E-state index is 0.0408. The van der Waals surface area contributed by atoms with Crippen LogP contribution in [0.4, 0.5) is 5.69 Å². The molecule has 8 bridgehead atoms. The van der Waals surface area contributed by atoms with Crippen molar-refractivity contribution in [2.75, 3.05) is 23.8 Å². The van der Waals surface area contributed by atoms with Gasteiger partial charge in [0.25, 0.3) is 0 Å². The van der Waals surface area contributed by atoms with E-state index >= 15 is 9.59 Å². The Hall–Kier alpha value is -1.68. The summed E-state index contributed by atoms with van der Waals surface area (Å²) >= 11 is 0. The lowest BCUT2D eigenvalue weighted by atomic mass is 9.35. The highest BCUT2D eigenvalue weighted by Crippen LogP contribution is 2.82. The Balaban J connectivity index is 1.15. The predicted octanol–water partition coefficient (Wildman–Crippen LogP) is 5.93. The van der Waals surface area contributed by atoms with Gasteiger partial charge in [-0.15, -0.1) is 0 Å². The van der Waals surface area contributed by atoms with E-state index in [1.807, 2.05) is 13.0 Å². The van der Waals surface area contributed by atoms with E-state index in [1.54, 1.807) is 23.1 Å². The molecule has 11 aliphatic rings. The average Bonchev–Trinajstić information content (AvgIpc) is 3.78. The molecule has 12 rings (SSSR count). The lowest BCUT2D eigenvalue weighted by molar-refractivity contribution is -0.228. The number of fused-ring (bicyclic) bond motifs is 2. The first-order valence-corrected chi connectivity index (χ1v) is 26.1. The van der Waals surface area contributed by atoms with Crippen LogP contribution >= 0.6 is 21.6 Å². The number of nitrogens with zero attached hydrogens (tertiary/aromatic N) is 1. The van der Waals surface area contributed by atoms with Crippen LogP contribution in [0.2, 0.25) is 0 Å². The van der Waals surface area contributed by atoms with Crippen molar-refractivity contribution < 1.29 is 50.1 Å². The molecule has 0 radical (unpaired) electrons. The summed E-state index contributed by atoms with van der Waals surface area (Å²) in [5.41, 5.74) is -7.05. The first-order chi connectivity index (χ1) is 29.3. The van der Waals surface area contributed by atoms with E-state index in [0.717, 1.165) is 24.8 Å². The van der Waals surface area contributed by atoms with Crippen molar-refractivity contribution >= 4 is 39.0 Å². The number of epoxide rings is 1. The number of ketones is 1. The average molecular weight is 896 g/mol. The Morgan fingerprint density at radius 3 is 2.50 bits per heavy atom. The zero-order valence-corrected chi connectivity index (χ0v) is 38.7. The van der Waals surface area contributed by atoms with E-state index < -0.39 is 73.9 Å². The number of rotatable bonds is 5. The summed E-state index contributed by atoms with van der Waals surface area (Å²) in [6.45, 7) is 10.7. The Kier molecular flexibility index (Phi) is 10.4. The van der Waals surface area contributed by atoms with Crippen LogP contribution in [0.15, 0.2) is 29.8 Å². The van der Waals surface area contributed by atoms with Gasteiger partial charge in [0.1, 0.15) is 17.3 Å². The monoisotopic (exact) mass is 895 g/mol. The number of carbonyl (C=O) groups excluding carboxylic acids is 2. The number of hydrogen-bond donors (Lipinski definition) is 7. The Bertz CT molecular complexity index is 2050. The topological polar surface area (TPSA) is 192 Å². The van der Waals surface area contributed by atoms with Gasteiger partial charge in [-0.3, -0.25) is 9.59 Å². The van der Waals surface area contributed by atoms with E-state index in [0.29, 0.717) is 87.3 Å². The second kappa shape index (κ2) is 14.7. The number of phenols is 1. The molecule has 0 aromatic heterocycles. The van der Waals surface area contributed by atoms with Crippen molar-refractivity contribution in [3.8, 4) is 5.75 Å². The molecule has 17 atom stereocenters. The molecular formula is C49H69NO10S2. The highest BCUT2D eigenvalue weighted by molar-refractivity contribution is 8.76. The van der Waals surface area contributed by atoms with Gasteiger partial charge in [-0.25, -0.2) is 0 Å². The molecule has 1 amide bonds. The zero-order chi connectivity index (χ0) is 44.2. The summed E-state index contributed by atoms with van der Waals surface area (Å²) in [5, 5.41) is 85.3. The lowest BCUT2D eigenvalue weighted by Gasteiger charge is -2.70. The van der Waals surface area contributed by atoms with Crippen molar-refractivity contribution in [2.45, 2.75) is 159 Å². The van der Waals surface area contributed by atoms with Crippen molar-refractivity contribution in [2.24, 2.45) is 62.6 Å². The molecular weight excluding hydrogens is 827 g/mol. The first kappa shape index (κ1) is 44.2. The fraction of sp³-hybridized carbons (Fsp3) is 0.796. The van der Waals surface area contributed by atoms with Crippen LogP contribution in [0.3, 0.4) is 0 Å². The third kappa shape index (κ3) is 5.46. The second-order valence-corrected chi connectivity index (χ2v) is 24.9. The number of aliphatic hydroxyl groups is 6. The molecule has 7 N–H and O–H groups in total. The zero-order valence-electron chi connectivity index (χ0n) is 37.1. The number of allylic oxidation sites excluding steroid dienone is 1. The summed E-state index contributed by atoms with van der Waals surface area (Å²) in [5.74, 6) is -0.553. The molecule has 1 aromatic rings. The summed E-state index contributed by atoms with van der Waals surface area (Å²) in [6, 6.07) is 5.37. The van der Waals surface area contributed by atoms with E-state index in [4.69, 9.17) is 4.74 Å². The lowest BCUT2D eigenvalue weighted by Crippen LogP contribution is -2.73. The van der Waals surface area contributed by atoms with Crippen LogP contribution in [0.1, 0.15) is 117 Å². The smallest absolute Gasteiger partial charge is 0.233 e. The molecule has 62 heavy (non-hydrogen) atoms. The number of benzene rings is 1. The quantitative estimate of drug-likeness (QED) is 0.137. The largest absolute Gasteiger partial charge is 0.508 e. The maximum absolute atomic E-state index is 15.5. The van der Waals surface area contributed by atoms with Crippen LogP contribution in [0.5, 0.6) is 5.75 Å². The third-order valence-corrected chi connectivity index (χ3v) is 23.0. The minimum atomic E-state index is -1.53. The Morgan fingerprint density at radius 1 is 0.984 bits per heavy atom. The molecule has 2 saturated heterocycles. The summed E-state index contributed by atoms with van der Waals surface area (Å²) in [6.07, 6.45) is 5.46. The van der Waals surface area contributed by atoms with Gasteiger partial charge in [0.2, 0.25) is 5.91 Å². The van der Waals surface area contributed by atoms with Gasteiger partial charge in [0.15, 0.2) is 5.78 Å². The minimum Gasteiger partial charge on any atom is -0.508 e. The molecule has 7 fully saturated rings. The van der Waals surface area contributed by atoms with Gasteiger partial charge in [0.05, 0.1) is 40.3 Å². The van der Waals surface area contributed by atoms with Crippen molar-refractivity contribution in [3.05, 3.63) is 35.4 Å². The fourth-order valence-corrected chi connectivity index (χ4v) is 19.9. The molecule has 5 aliphatic heterocycles. The first-order valence-electron chi connectivity index (χ1n) is 23.8. The molecule has 4 spiro atoms. The normalized spacial score (nSPS) is 48.7. The van der Waals surface area contributed by atoms with E-state index in [2.05, 4.69) is 27.7 Å². The molecule has 1 aromatic carbocycles. The number of hydrogen-bond acceptors (Lipinski definition) is 12. The van der Waals surface area contributed by atoms with Crippen LogP contribution < -0.4 is 4.90 Å². The van der Waals surface area contributed by atoms with Gasteiger partial charge in [-0.2, -0.15) is 0 Å². The highest BCUT2D eigenvalue weighted by Gasteiger charge is 2.82. The van der Waals surface area contributed by atoms with Crippen LogP contribution in [-0.2, 0) is 20.7 Å². The Labute approximate surface area is 374 Å². The summed E-state index contributed by atoms with van der Waals surface area (Å²) in [7, 11) is 2.68. The van der Waals surface area contributed by atoms with Crippen LogP contribution in [0, 0.1) is 62.6 Å². The Morgan fingerprint density at radius 2 is 1.76 bits per heavy atom. The fourth-order valence-electron chi connectivity index (χ4n) is 16.8. The van der Waals surface area contributed by atoms with E-state index in [-0.39, 0.29) is 54.3 Å². The van der Waals surface area contributed by atoms with Gasteiger partial charge >= 0.3 is 0 Å². The van der Waals surface area contributed by atoms with Crippen LogP contribution in [-0.4, -0.2) is 107 Å².